The van der Waals surface area contributed by atoms with E-state index in [9.17, 15) is 4.79 Å². The van der Waals surface area contributed by atoms with Gasteiger partial charge in [-0.3, -0.25) is 4.79 Å². The van der Waals surface area contributed by atoms with Gasteiger partial charge >= 0.3 is 5.97 Å². The number of aliphatic carboxylic acids is 1. The van der Waals surface area contributed by atoms with Crippen molar-refractivity contribution in [2.24, 2.45) is 7.05 Å². The highest BCUT2D eigenvalue weighted by atomic mass is 16.4. The van der Waals surface area contributed by atoms with Crippen molar-refractivity contribution in [2.45, 2.75) is 25.8 Å². The van der Waals surface area contributed by atoms with Gasteiger partial charge < -0.3 is 10.4 Å². The number of carbonyl (C=O) groups is 1. The lowest BCUT2D eigenvalue weighted by atomic mass is 10.1. The number of anilines is 1. The average molecular weight is 275 g/mol. The van der Waals surface area contributed by atoms with E-state index in [2.05, 4.69) is 20.8 Å². The molecule has 0 spiro atoms. The molecule has 1 aromatic carbocycles. The molecule has 0 radical (unpaired) electrons. The molecule has 0 saturated heterocycles. The molecule has 2 N–H and O–H groups in total. The number of rotatable bonds is 6. The third kappa shape index (κ3) is 3.53. The minimum absolute atomic E-state index is 0.0824. The number of nitrogens with zero attached hydrogens (tertiary/aromatic N) is 4. The summed E-state index contributed by atoms with van der Waals surface area (Å²) in [5.41, 5.74) is 1.83. The Kier molecular flexibility index (Phi) is 4.29. The number of carboxylic acid groups (broad SMARTS) is 1. The van der Waals surface area contributed by atoms with Crippen LogP contribution in [-0.4, -0.2) is 37.3 Å². The van der Waals surface area contributed by atoms with E-state index in [1.54, 1.807) is 11.7 Å². The van der Waals surface area contributed by atoms with Crippen LogP contribution in [-0.2, 0) is 11.8 Å². The van der Waals surface area contributed by atoms with Crippen LogP contribution in [0.25, 0.3) is 11.4 Å². The van der Waals surface area contributed by atoms with Crippen LogP contribution in [0.5, 0.6) is 0 Å². The van der Waals surface area contributed by atoms with Crippen LogP contribution < -0.4 is 5.32 Å². The second-order valence-corrected chi connectivity index (χ2v) is 4.68. The first-order chi connectivity index (χ1) is 9.56. The van der Waals surface area contributed by atoms with Crippen molar-refractivity contribution in [3.05, 3.63) is 24.3 Å². The number of carboxylic acids is 1. The van der Waals surface area contributed by atoms with E-state index in [0.717, 1.165) is 11.3 Å². The molecule has 1 atom stereocenters. The smallest absolute Gasteiger partial charge is 0.303 e. The van der Waals surface area contributed by atoms with Crippen LogP contribution >= 0.6 is 0 Å². The van der Waals surface area contributed by atoms with Crippen molar-refractivity contribution in [2.75, 3.05) is 5.32 Å². The van der Waals surface area contributed by atoms with Crippen molar-refractivity contribution in [1.29, 1.82) is 0 Å². The second-order valence-electron chi connectivity index (χ2n) is 4.68. The molecule has 0 aliphatic rings. The molecule has 0 bridgehead atoms. The molecule has 1 unspecified atom stereocenters. The van der Waals surface area contributed by atoms with E-state index >= 15 is 0 Å². The number of benzene rings is 1. The molecule has 106 valence electrons. The van der Waals surface area contributed by atoms with Crippen molar-refractivity contribution in [3.8, 4) is 11.4 Å². The van der Waals surface area contributed by atoms with Crippen LogP contribution in [0.15, 0.2) is 24.3 Å². The fourth-order valence-electron chi connectivity index (χ4n) is 1.92. The summed E-state index contributed by atoms with van der Waals surface area (Å²) in [5.74, 6) is -0.0931. The van der Waals surface area contributed by atoms with Crippen LogP contribution in [0.2, 0.25) is 0 Å². The molecule has 1 aromatic heterocycles. The van der Waals surface area contributed by atoms with Crippen LogP contribution in [0, 0.1) is 0 Å². The van der Waals surface area contributed by atoms with Crippen LogP contribution in [0.3, 0.4) is 0 Å². The normalized spacial score (nSPS) is 12.1. The van der Waals surface area contributed by atoms with Gasteiger partial charge in [0.05, 0.1) is 0 Å². The minimum Gasteiger partial charge on any atom is -0.481 e. The van der Waals surface area contributed by atoms with Gasteiger partial charge in [-0.2, -0.15) is 0 Å². The molecule has 0 saturated carbocycles. The lowest BCUT2D eigenvalue weighted by molar-refractivity contribution is -0.137. The summed E-state index contributed by atoms with van der Waals surface area (Å²) in [4.78, 5) is 10.6. The zero-order valence-electron chi connectivity index (χ0n) is 11.4. The molecule has 2 aromatic rings. The number of hydrogen-bond acceptors (Lipinski definition) is 5. The van der Waals surface area contributed by atoms with E-state index < -0.39 is 5.97 Å². The summed E-state index contributed by atoms with van der Waals surface area (Å²) in [7, 11) is 1.78. The van der Waals surface area contributed by atoms with Crippen molar-refractivity contribution in [3.63, 3.8) is 0 Å². The highest BCUT2D eigenvalue weighted by Gasteiger charge is 2.08. The number of tetrazole rings is 1. The van der Waals surface area contributed by atoms with E-state index in [1.165, 1.54) is 0 Å². The second kappa shape index (κ2) is 6.14. The van der Waals surface area contributed by atoms with Gasteiger partial charge in [0.2, 0.25) is 0 Å². The number of hydrogen-bond donors (Lipinski definition) is 2. The van der Waals surface area contributed by atoms with Crippen molar-refractivity contribution < 1.29 is 9.90 Å². The highest BCUT2D eigenvalue weighted by molar-refractivity contribution is 5.67. The van der Waals surface area contributed by atoms with E-state index in [4.69, 9.17) is 5.11 Å². The topological polar surface area (TPSA) is 92.9 Å². The Labute approximate surface area is 116 Å². The molecule has 1 heterocycles. The van der Waals surface area contributed by atoms with Gasteiger partial charge in [0.25, 0.3) is 0 Å². The first kappa shape index (κ1) is 14.0. The molecule has 2 rings (SSSR count). The Morgan fingerprint density at radius 2 is 2.30 bits per heavy atom. The maximum atomic E-state index is 10.6. The Bertz CT molecular complexity index is 596. The molecular formula is C13H17N5O2. The third-order valence-electron chi connectivity index (χ3n) is 2.95. The Morgan fingerprint density at radius 1 is 1.50 bits per heavy atom. The summed E-state index contributed by atoms with van der Waals surface area (Å²) < 4.78 is 1.60. The van der Waals surface area contributed by atoms with Gasteiger partial charge in [0, 0.05) is 30.8 Å². The highest BCUT2D eigenvalue weighted by Crippen LogP contribution is 2.20. The number of aryl methyl sites for hydroxylation is 1. The predicted molar refractivity (Wildman–Crippen MR) is 74.2 cm³/mol. The number of aromatic nitrogens is 4. The third-order valence-corrected chi connectivity index (χ3v) is 2.95. The maximum absolute atomic E-state index is 10.6. The molecule has 7 nitrogen and oxygen atoms in total. The molecule has 7 heteroatoms. The molecular weight excluding hydrogens is 258 g/mol. The summed E-state index contributed by atoms with van der Waals surface area (Å²) in [6, 6.07) is 7.81. The Balaban J connectivity index is 2.07. The fourth-order valence-corrected chi connectivity index (χ4v) is 1.92. The monoisotopic (exact) mass is 275 g/mol. The first-order valence-corrected chi connectivity index (χ1v) is 6.37. The largest absolute Gasteiger partial charge is 0.481 e. The summed E-state index contributed by atoms with van der Waals surface area (Å²) in [6.45, 7) is 1.96. The summed E-state index contributed by atoms with van der Waals surface area (Å²) in [5, 5.41) is 23.3. The van der Waals surface area contributed by atoms with Crippen molar-refractivity contribution in [1.82, 2.24) is 20.2 Å². The molecule has 0 amide bonds. The van der Waals surface area contributed by atoms with Gasteiger partial charge in [-0.05, 0) is 35.9 Å². The van der Waals surface area contributed by atoms with E-state index in [0.29, 0.717) is 12.2 Å². The fraction of sp³-hybridized carbons (Fsp3) is 0.385. The summed E-state index contributed by atoms with van der Waals surface area (Å²) in [6.07, 6.45) is 0.728. The van der Waals surface area contributed by atoms with E-state index in [1.807, 2.05) is 31.2 Å². The van der Waals surface area contributed by atoms with Crippen LogP contribution in [0.1, 0.15) is 19.8 Å². The first-order valence-electron chi connectivity index (χ1n) is 6.37. The van der Waals surface area contributed by atoms with Gasteiger partial charge in [0.1, 0.15) is 0 Å². The predicted octanol–water partition coefficient (Wildman–Crippen LogP) is 1.54. The molecule has 0 aliphatic heterocycles. The Hall–Kier alpha value is -2.44. The zero-order chi connectivity index (χ0) is 14.5. The minimum atomic E-state index is -0.780. The van der Waals surface area contributed by atoms with Gasteiger partial charge in [-0.1, -0.05) is 12.1 Å². The molecule has 20 heavy (non-hydrogen) atoms. The van der Waals surface area contributed by atoms with Gasteiger partial charge in [-0.15, -0.1) is 5.10 Å². The summed E-state index contributed by atoms with van der Waals surface area (Å²) >= 11 is 0. The van der Waals surface area contributed by atoms with Crippen LogP contribution in [0.4, 0.5) is 5.69 Å². The lowest BCUT2D eigenvalue weighted by Gasteiger charge is -2.14. The number of nitrogens with one attached hydrogen (secondary N) is 1. The zero-order valence-corrected chi connectivity index (χ0v) is 11.4. The molecule has 0 fully saturated rings. The quantitative estimate of drug-likeness (QED) is 0.830. The van der Waals surface area contributed by atoms with Crippen molar-refractivity contribution >= 4 is 11.7 Å². The van der Waals surface area contributed by atoms with E-state index in [-0.39, 0.29) is 12.5 Å². The SMILES string of the molecule is CC(CCC(=O)O)Nc1cccc(-c2nnnn2C)c1. The van der Waals surface area contributed by atoms with Gasteiger partial charge in [0.15, 0.2) is 5.82 Å². The molecule has 0 aliphatic carbocycles. The van der Waals surface area contributed by atoms with Gasteiger partial charge in [-0.25, -0.2) is 4.68 Å². The lowest BCUT2D eigenvalue weighted by Crippen LogP contribution is -2.16. The standard InChI is InChI=1S/C13H17N5O2/c1-9(6-7-12(19)20)14-11-5-3-4-10(8-11)13-15-16-17-18(13)2/h3-5,8-9,14H,6-7H2,1-2H3,(H,19,20). The average Bonchev–Trinajstić information content (AvgIpc) is 2.83. The Morgan fingerprint density at radius 3 is 2.95 bits per heavy atom. The maximum Gasteiger partial charge on any atom is 0.303 e.